The first kappa shape index (κ1) is 11.9. The number of aromatic nitrogens is 1. The lowest BCUT2D eigenvalue weighted by Gasteiger charge is -2.07. The van der Waals surface area contributed by atoms with Gasteiger partial charge in [-0.2, -0.15) is 0 Å². The Morgan fingerprint density at radius 1 is 1.39 bits per heavy atom. The lowest BCUT2D eigenvalue weighted by atomic mass is 10.1. The number of pyridine rings is 1. The maximum atomic E-state index is 11.9. The van der Waals surface area contributed by atoms with Crippen LogP contribution in [-0.4, -0.2) is 16.0 Å². The molecule has 0 radical (unpaired) electrons. The highest BCUT2D eigenvalue weighted by molar-refractivity contribution is 6.04. The maximum Gasteiger partial charge on any atom is 0.256 e. The quantitative estimate of drug-likeness (QED) is 0.703. The van der Waals surface area contributed by atoms with Crippen molar-refractivity contribution in [3.8, 4) is 5.75 Å². The van der Waals surface area contributed by atoms with Crippen molar-refractivity contribution in [3.05, 3.63) is 47.7 Å². The van der Waals surface area contributed by atoms with Gasteiger partial charge in [0.25, 0.3) is 5.91 Å². The third-order valence-corrected chi connectivity index (χ3v) is 2.56. The number of hydrogen-bond donors (Lipinski definition) is 3. The summed E-state index contributed by atoms with van der Waals surface area (Å²) in [5, 5.41) is 12.0. The number of benzene rings is 1. The molecule has 2 aromatic rings. The molecular formula is C13H13N3O2. The van der Waals surface area contributed by atoms with Crippen LogP contribution < -0.4 is 11.1 Å². The number of nitrogens with one attached hydrogen (secondary N) is 1. The van der Waals surface area contributed by atoms with Crippen LogP contribution in [0.1, 0.15) is 15.9 Å². The molecule has 0 saturated carbocycles. The van der Waals surface area contributed by atoms with Gasteiger partial charge in [0.1, 0.15) is 0 Å². The summed E-state index contributed by atoms with van der Waals surface area (Å²) in [5.41, 5.74) is 7.61. The van der Waals surface area contributed by atoms with E-state index in [1.54, 1.807) is 24.3 Å². The molecule has 18 heavy (non-hydrogen) atoms. The van der Waals surface area contributed by atoms with Gasteiger partial charge in [0.15, 0.2) is 11.6 Å². The molecule has 1 aromatic heterocycles. The molecule has 5 heteroatoms. The van der Waals surface area contributed by atoms with Gasteiger partial charge in [0, 0.05) is 17.4 Å². The van der Waals surface area contributed by atoms with Gasteiger partial charge in [0.2, 0.25) is 0 Å². The second-order valence-electron chi connectivity index (χ2n) is 3.90. The Kier molecular flexibility index (Phi) is 3.14. The van der Waals surface area contributed by atoms with Crippen molar-refractivity contribution in [3.63, 3.8) is 0 Å². The van der Waals surface area contributed by atoms with E-state index in [1.165, 1.54) is 12.3 Å². The van der Waals surface area contributed by atoms with Crippen LogP contribution in [0.15, 0.2) is 36.5 Å². The van der Waals surface area contributed by atoms with E-state index in [9.17, 15) is 9.90 Å². The molecule has 1 amide bonds. The first-order chi connectivity index (χ1) is 8.58. The minimum atomic E-state index is -0.365. The topological polar surface area (TPSA) is 88.2 Å². The molecule has 0 spiro atoms. The summed E-state index contributed by atoms with van der Waals surface area (Å²) in [4.78, 5) is 15.8. The summed E-state index contributed by atoms with van der Waals surface area (Å²) in [5.74, 6) is -0.316. The van der Waals surface area contributed by atoms with Crippen molar-refractivity contribution >= 4 is 17.4 Å². The fraction of sp³-hybridized carbons (Fsp3) is 0.0769. The average molecular weight is 243 g/mol. The zero-order valence-corrected chi connectivity index (χ0v) is 9.84. The zero-order chi connectivity index (χ0) is 13.1. The van der Waals surface area contributed by atoms with E-state index in [2.05, 4.69) is 10.3 Å². The SMILES string of the molecule is Cc1ccc(C(=O)Nc2ncccc2O)cc1N. The van der Waals surface area contributed by atoms with E-state index >= 15 is 0 Å². The number of nitrogens with two attached hydrogens (primary N) is 1. The molecule has 0 atom stereocenters. The molecule has 1 aromatic carbocycles. The highest BCUT2D eigenvalue weighted by Crippen LogP contribution is 2.20. The predicted molar refractivity (Wildman–Crippen MR) is 69.4 cm³/mol. The highest BCUT2D eigenvalue weighted by atomic mass is 16.3. The smallest absolute Gasteiger partial charge is 0.256 e. The lowest BCUT2D eigenvalue weighted by molar-refractivity contribution is 0.102. The molecular weight excluding hydrogens is 230 g/mol. The van der Waals surface area contributed by atoms with E-state index in [0.717, 1.165) is 5.56 Å². The zero-order valence-electron chi connectivity index (χ0n) is 9.84. The molecule has 2 rings (SSSR count). The normalized spacial score (nSPS) is 10.1. The van der Waals surface area contributed by atoms with Gasteiger partial charge in [-0.3, -0.25) is 4.79 Å². The number of amides is 1. The van der Waals surface area contributed by atoms with Crippen LogP contribution in [-0.2, 0) is 0 Å². The fourth-order valence-corrected chi connectivity index (χ4v) is 1.45. The molecule has 0 unspecified atom stereocenters. The van der Waals surface area contributed by atoms with E-state index in [1.807, 2.05) is 6.92 Å². The van der Waals surface area contributed by atoms with Crippen LogP contribution in [0.2, 0.25) is 0 Å². The molecule has 0 bridgehead atoms. The van der Waals surface area contributed by atoms with Crippen LogP contribution in [0.5, 0.6) is 5.75 Å². The minimum absolute atomic E-state index is 0.0778. The van der Waals surface area contributed by atoms with E-state index in [0.29, 0.717) is 11.3 Å². The number of carbonyl (C=O) groups is 1. The second-order valence-corrected chi connectivity index (χ2v) is 3.90. The van der Waals surface area contributed by atoms with Crippen molar-refractivity contribution in [1.29, 1.82) is 0 Å². The molecule has 0 saturated heterocycles. The molecule has 0 aliphatic heterocycles. The molecule has 5 nitrogen and oxygen atoms in total. The first-order valence-electron chi connectivity index (χ1n) is 5.39. The summed E-state index contributed by atoms with van der Waals surface area (Å²) in [6.45, 7) is 1.86. The monoisotopic (exact) mass is 243 g/mol. The molecule has 0 fully saturated rings. The Morgan fingerprint density at radius 2 is 2.17 bits per heavy atom. The second kappa shape index (κ2) is 4.75. The number of anilines is 2. The van der Waals surface area contributed by atoms with Crippen molar-refractivity contribution in [2.75, 3.05) is 11.1 Å². The van der Waals surface area contributed by atoms with E-state index < -0.39 is 0 Å². The predicted octanol–water partition coefficient (Wildman–Crippen LogP) is 1.93. The lowest BCUT2D eigenvalue weighted by Crippen LogP contribution is -2.13. The van der Waals surface area contributed by atoms with Gasteiger partial charge in [-0.05, 0) is 36.8 Å². The van der Waals surface area contributed by atoms with Crippen LogP contribution in [0.4, 0.5) is 11.5 Å². The Morgan fingerprint density at radius 3 is 2.83 bits per heavy atom. The summed E-state index contributed by atoms with van der Waals surface area (Å²) in [6, 6.07) is 8.05. The van der Waals surface area contributed by atoms with Gasteiger partial charge in [-0.25, -0.2) is 4.98 Å². The van der Waals surface area contributed by atoms with Crippen LogP contribution in [0, 0.1) is 6.92 Å². The third-order valence-electron chi connectivity index (χ3n) is 2.56. The van der Waals surface area contributed by atoms with Crippen LogP contribution >= 0.6 is 0 Å². The number of rotatable bonds is 2. The Hall–Kier alpha value is -2.56. The average Bonchev–Trinajstić information content (AvgIpc) is 2.35. The largest absolute Gasteiger partial charge is 0.504 e. The van der Waals surface area contributed by atoms with Gasteiger partial charge >= 0.3 is 0 Å². The number of nitrogens with zero attached hydrogens (tertiary/aromatic N) is 1. The number of hydrogen-bond acceptors (Lipinski definition) is 4. The third kappa shape index (κ3) is 2.40. The van der Waals surface area contributed by atoms with Crippen molar-refractivity contribution in [1.82, 2.24) is 4.98 Å². The van der Waals surface area contributed by atoms with Gasteiger partial charge in [0.05, 0.1) is 0 Å². The number of aryl methyl sites for hydroxylation is 1. The van der Waals surface area contributed by atoms with Gasteiger partial charge < -0.3 is 16.2 Å². The van der Waals surface area contributed by atoms with Crippen LogP contribution in [0.3, 0.4) is 0 Å². The van der Waals surface area contributed by atoms with Crippen molar-refractivity contribution in [2.45, 2.75) is 6.92 Å². The Labute approximate surface area is 104 Å². The summed E-state index contributed by atoms with van der Waals surface area (Å²) >= 11 is 0. The summed E-state index contributed by atoms with van der Waals surface area (Å²) in [6.07, 6.45) is 1.48. The van der Waals surface area contributed by atoms with Crippen molar-refractivity contribution < 1.29 is 9.90 Å². The van der Waals surface area contributed by atoms with E-state index in [4.69, 9.17) is 5.73 Å². The molecule has 4 N–H and O–H groups in total. The standard InChI is InChI=1S/C13H13N3O2/c1-8-4-5-9(7-10(8)14)13(18)16-12-11(17)3-2-6-15-12/h2-7,17H,14H2,1H3,(H,15,16,18). The van der Waals surface area contributed by atoms with Crippen molar-refractivity contribution in [2.24, 2.45) is 0 Å². The Bertz CT molecular complexity index is 597. The highest BCUT2D eigenvalue weighted by Gasteiger charge is 2.10. The van der Waals surface area contributed by atoms with Crippen LogP contribution in [0.25, 0.3) is 0 Å². The number of carbonyl (C=O) groups excluding carboxylic acids is 1. The fourth-order valence-electron chi connectivity index (χ4n) is 1.45. The van der Waals surface area contributed by atoms with Gasteiger partial charge in [-0.15, -0.1) is 0 Å². The number of aromatic hydroxyl groups is 1. The molecule has 0 aliphatic rings. The molecule has 1 heterocycles. The maximum absolute atomic E-state index is 11.9. The summed E-state index contributed by atoms with van der Waals surface area (Å²) < 4.78 is 0. The molecule has 0 aliphatic carbocycles. The first-order valence-corrected chi connectivity index (χ1v) is 5.39. The molecule has 92 valence electrons. The van der Waals surface area contributed by atoms with E-state index in [-0.39, 0.29) is 17.5 Å². The number of nitrogen functional groups attached to an aromatic ring is 1. The minimum Gasteiger partial charge on any atom is -0.504 e. The van der Waals surface area contributed by atoms with Gasteiger partial charge in [-0.1, -0.05) is 6.07 Å². The summed E-state index contributed by atoms with van der Waals surface area (Å²) in [7, 11) is 0. The Balaban J connectivity index is 2.22.